The van der Waals surface area contributed by atoms with Crippen molar-refractivity contribution in [2.45, 2.75) is 31.6 Å². The molecule has 2 rings (SSSR count). The summed E-state index contributed by atoms with van der Waals surface area (Å²) >= 11 is 0. The van der Waals surface area contributed by atoms with Crippen LogP contribution in [0.25, 0.3) is 0 Å². The Labute approximate surface area is 150 Å². The van der Waals surface area contributed by atoms with Crippen LogP contribution in [0.15, 0.2) is 54.6 Å². The number of hydrogen-bond donors (Lipinski definition) is 2. The van der Waals surface area contributed by atoms with Crippen molar-refractivity contribution in [3.8, 4) is 0 Å². The van der Waals surface area contributed by atoms with E-state index in [9.17, 15) is 18.0 Å². The number of carbonyl (C=O) groups is 1. The smallest absolute Gasteiger partial charge is 0.348 e. The molecule has 136 valence electrons. The Balaban J connectivity index is 0.00000312. The number of halogens is 4. The molecule has 2 unspecified atom stereocenters. The highest BCUT2D eigenvalue weighted by atomic mass is 35.5. The van der Waals surface area contributed by atoms with Crippen molar-refractivity contribution in [2.24, 2.45) is 5.73 Å². The van der Waals surface area contributed by atoms with E-state index >= 15 is 0 Å². The molecule has 0 aliphatic carbocycles. The van der Waals surface area contributed by atoms with Gasteiger partial charge in [0.05, 0.1) is 11.6 Å². The minimum absolute atomic E-state index is 0. The van der Waals surface area contributed by atoms with E-state index in [1.54, 1.807) is 38.1 Å². The normalized spacial score (nSPS) is 14.8. The van der Waals surface area contributed by atoms with Gasteiger partial charge in [-0.15, -0.1) is 12.4 Å². The third kappa shape index (κ3) is 4.96. The lowest BCUT2D eigenvalue weighted by Crippen LogP contribution is -2.49. The summed E-state index contributed by atoms with van der Waals surface area (Å²) in [5.74, 6) is -0.460. The Hall–Kier alpha value is -2.05. The van der Waals surface area contributed by atoms with E-state index in [2.05, 4.69) is 5.32 Å². The van der Waals surface area contributed by atoms with Crippen molar-refractivity contribution in [3.05, 3.63) is 71.3 Å². The summed E-state index contributed by atoms with van der Waals surface area (Å²) in [6.45, 7) is 3.19. The molecule has 2 aromatic carbocycles. The zero-order valence-electron chi connectivity index (χ0n) is 13.8. The SMILES string of the molecule is CC(NC(=O)C(C)(N)c1ccccc1)c1cccc(C(F)(F)F)c1.Cl. The first kappa shape index (κ1) is 21.0. The number of nitrogens with two attached hydrogens (primary N) is 1. The molecule has 1 amide bonds. The maximum Gasteiger partial charge on any atom is 0.416 e. The molecule has 0 spiro atoms. The van der Waals surface area contributed by atoms with Crippen molar-refractivity contribution in [1.82, 2.24) is 5.32 Å². The van der Waals surface area contributed by atoms with Crippen LogP contribution in [0.3, 0.4) is 0 Å². The van der Waals surface area contributed by atoms with E-state index in [4.69, 9.17) is 5.73 Å². The molecule has 0 radical (unpaired) electrons. The van der Waals surface area contributed by atoms with Crippen LogP contribution in [0.1, 0.15) is 36.6 Å². The lowest BCUT2D eigenvalue weighted by Gasteiger charge is -2.26. The third-order valence-electron chi connectivity index (χ3n) is 3.91. The van der Waals surface area contributed by atoms with E-state index in [1.807, 2.05) is 6.07 Å². The third-order valence-corrected chi connectivity index (χ3v) is 3.91. The summed E-state index contributed by atoms with van der Waals surface area (Å²) in [6, 6.07) is 13.1. The number of amides is 1. The maximum atomic E-state index is 12.8. The average Bonchev–Trinajstić information content (AvgIpc) is 2.55. The second kappa shape index (κ2) is 7.89. The van der Waals surface area contributed by atoms with Crippen LogP contribution in [0.4, 0.5) is 13.2 Å². The standard InChI is InChI=1S/C18H19F3N2O.ClH/c1-12(13-7-6-10-15(11-13)18(19,20)21)23-16(24)17(2,22)14-8-4-3-5-9-14;/h3-12H,22H2,1-2H3,(H,23,24);1H. The molecule has 0 saturated heterocycles. The van der Waals surface area contributed by atoms with Crippen LogP contribution in [0, 0.1) is 0 Å². The topological polar surface area (TPSA) is 55.1 Å². The van der Waals surface area contributed by atoms with Gasteiger partial charge in [0.15, 0.2) is 0 Å². The molecule has 0 aliphatic heterocycles. The molecule has 0 heterocycles. The zero-order valence-corrected chi connectivity index (χ0v) is 14.6. The van der Waals surface area contributed by atoms with Gasteiger partial charge >= 0.3 is 6.18 Å². The second-order valence-corrected chi connectivity index (χ2v) is 5.89. The maximum absolute atomic E-state index is 12.8. The van der Waals surface area contributed by atoms with E-state index in [0.717, 1.165) is 12.1 Å². The largest absolute Gasteiger partial charge is 0.416 e. The minimum atomic E-state index is -4.42. The van der Waals surface area contributed by atoms with Crippen LogP contribution in [-0.2, 0) is 16.5 Å². The van der Waals surface area contributed by atoms with Gasteiger partial charge in [0.25, 0.3) is 0 Å². The number of alkyl halides is 3. The summed E-state index contributed by atoms with van der Waals surface area (Å²) < 4.78 is 38.4. The van der Waals surface area contributed by atoms with Gasteiger partial charge in [-0.05, 0) is 37.1 Å². The second-order valence-electron chi connectivity index (χ2n) is 5.89. The van der Waals surface area contributed by atoms with Crippen LogP contribution in [0.5, 0.6) is 0 Å². The van der Waals surface area contributed by atoms with Crippen molar-refractivity contribution in [3.63, 3.8) is 0 Å². The van der Waals surface area contributed by atoms with Gasteiger partial charge in [0, 0.05) is 0 Å². The molecule has 7 heteroatoms. The molecule has 0 aromatic heterocycles. The van der Waals surface area contributed by atoms with Gasteiger partial charge in [0.1, 0.15) is 5.54 Å². The molecule has 2 atom stereocenters. The molecular weight excluding hydrogens is 353 g/mol. The summed E-state index contributed by atoms with van der Waals surface area (Å²) in [4.78, 5) is 12.5. The lowest BCUT2D eigenvalue weighted by molar-refractivity contribution is -0.137. The molecule has 3 nitrogen and oxygen atoms in total. The summed E-state index contributed by atoms with van der Waals surface area (Å²) in [5.41, 5.74) is 5.07. The molecule has 3 N–H and O–H groups in total. The highest BCUT2D eigenvalue weighted by molar-refractivity contribution is 5.87. The number of rotatable bonds is 4. The highest BCUT2D eigenvalue weighted by Gasteiger charge is 2.33. The van der Waals surface area contributed by atoms with E-state index in [-0.39, 0.29) is 12.4 Å². The Morgan fingerprint density at radius 2 is 1.60 bits per heavy atom. The lowest BCUT2D eigenvalue weighted by atomic mass is 9.91. The molecule has 0 saturated carbocycles. The zero-order chi connectivity index (χ0) is 18.0. The summed E-state index contributed by atoms with van der Waals surface area (Å²) in [7, 11) is 0. The highest BCUT2D eigenvalue weighted by Crippen LogP contribution is 2.31. The monoisotopic (exact) mass is 372 g/mol. The first-order chi connectivity index (χ1) is 11.1. The molecule has 0 bridgehead atoms. The minimum Gasteiger partial charge on any atom is -0.348 e. The predicted molar refractivity (Wildman–Crippen MR) is 93.2 cm³/mol. The van der Waals surface area contributed by atoms with E-state index in [1.165, 1.54) is 12.1 Å². The van der Waals surface area contributed by atoms with Crippen LogP contribution in [0.2, 0.25) is 0 Å². The van der Waals surface area contributed by atoms with Crippen LogP contribution in [-0.4, -0.2) is 5.91 Å². The van der Waals surface area contributed by atoms with Gasteiger partial charge < -0.3 is 11.1 Å². The number of nitrogens with one attached hydrogen (secondary N) is 1. The molecule has 25 heavy (non-hydrogen) atoms. The molecule has 0 aliphatic rings. The fourth-order valence-electron chi connectivity index (χ4n) is 2.33. The van der Waals surface area contributed by atoms with Gasteiger partial charge in [0.2, 0.25) is 5.91 Å². The number of benzene rings is 2. The van der Waals surface area contributed by atoms with Gasteiger partial charge in [-0.1, -0.05) is 42.5 Å². The Morgan fingerprint density at radius 3 is 2.16 bits per heavy atom. The molecule has 0 fully saturated rings. The quantitative estimate of drug-likeness (QED) is 0.846. The van der Waals surface area contributed by atoms with E-state index in [0.29, 0.717) is 11.1 Å². The van der Waals surface area contributed by atoms with Crippen LogP contribution < -0.4 is 11.1 Å². The predicted octanol–water partition coefficient (Wildman–Crippen LogP) is 4.18. The molecular formula is C18H20ClF3N2O. The van der Waals surface area contributed by atoms with Crippen molar-refractivity contribution in [2.75, 3.05) is 0 Å². The fourth-order valence-corrected chi connectivity index (χ4v) is 2.33. The van der Waals surface area contributed by atoms with Crippen LogP contribution >= 0.6 is 12.4 Å². The van der Waals surface area contributed by atoms with Gasteiger partial charge in [-0.25, -0.2) is 0 Å². The first-order valence-corrected chi connectivity index (χ1v) is 7.45. The Bertz CT molecular complexity index is 718. The summed E-state index contributed by atoms with van der Waals surface area (Å²) in [5, 5.41) is 2.68. The van der Waals surface area contributed by atoms with Gasteiger partial charge in [-0.2, -0.15) is 13.2 Å². The molecule has 2 aromatic rings. The fraction of sp³-hybridized carbons (Fsp3) is 0.278. The van der Waals surface area contributed by atoms with Crippen molar-refractivity contribution in [1.29, 1.82) is 0 Å². The van der Waals surface area contributed by atoms with Crippen molar-refractivity contribution >= 4 is 18.3 Å². The van der Waals surface area contributed by atoms with Gasteiger partial charge in [-0.3, -0.25) is 4.79 Å². The summed E-state index contributed by atoms with van der Waals surface area (Å²) in [6.07, 6.45) is -4.42. The number of carbonyl (C=O) groups excluding carboxylic acids is 1. The Morgan fingerprint density at radius 1 is 1.04 bits per heavy atom. The number of hydrogen-bond acceptors (Lipinski definition) is 2. The first-order valence-electron chi connectivity index (χ1n) is 7.45. The Kier molecular flexibility index (Phi) is 6.62. The average molecular weight is 373 g/mol. The van der Waals surface area contributed by atoms with Crippen molar-refractivity contribution < 1.29 is 18.0 Å². The van der Waals surface area contributed by atoms with E-state index < -0.39 is 29.2 Å².